The highest BCUT2D eigenvalue weighted by Gasteiger charge is 2.41. The Morgan fingerprint density at radius 3 is 2.81 bits per heavy atom. The van der Waals surface area contributed by atoms with Crippen LogP contribution in [0.1, 0.15) is 31.9 Å². The topological polar surface area (TPSA) is 93.0 Å². The van der Waals surface area contributed by atoms with E-state index in [4.69, 9.17) is 25.7 Å². The quantitative estimate of drug-likeness (QED) is 0.269. The molecule has 0 aliphatic carbocycles. The third-order valence-corrected chi connectivity index (χ3v) is 10.6. The highest BCUT2D eigenvalue weighted by atomic mass is 35.5. The summed E-state index contributed by atoms with van der Waals surface area (Å²) in [6.07, 6.45) is 3.39. The minimum absolute atomic E-state index is 0.130. The number of carbonyl (C=O) groups is 1. The number of para-hydroxylation sites is 1. The van der Waals surface area contributed by atoms with Gasteiger partial charge in [-0.3, -0.25) is 9.69 Å². The maximum atomic E-state index is 14.1. The number of halogens is 1. The van der Waals surface area contributed by atoms with Crippen molar-refractivity contribution in [2.45, 2.75) is 43.0 Å². The lowest BCUT2D eigenvalue weighted by Gasteiger charge is -2.35. The minimum atomic E-state index is -3.89. The molecule has 1 saturated heterocycles. The summed E-state index contributed by atoms with van der Waals surface area (Å²) < 4.78 is 41.0. The standard InChI is InChI=1S/C24H24ClN3O5S3/c1-2-32-18-9-5-10-19-22(18)26-24(34-19)27(15-16-7-6-14-33-16)23(29)17-8-3-4-13-28(17)36(30,31)21-12-11-20(25)35-21/h5-7,9-12,14,17H,2-4,8,13,15H2,1H3. The van der Waals surface area contributed by atoms with Crippen molar-refractivity contribution in [3.63, 3.8) is 0 Å². The average Bonchev–Trinajstić information content (AvgIpc) is 3.64. The minimum Gasteiger partial charge on any atom is -0.492 e. The van der Waals surface area contributed by atoms with Crippen LogP contribution < -0.4 is 9.64 Å². The number of anilines is 1. The number of carbonyl (C=O) groups excluding carboxylic acids is 1. The smallest absolute Gasteiger partial charge is 0.253 e. The molecular weight excluding hydrogens is 542 g/mol. The first-order valence-corrected chi connectivity index (χ1v) is 15.0. The zero-order valence-corrected chi connectivity index (χ0v) is 22.6. The molecule has 1 fully saturated rings. The van der Waals surface area contributed by atoms with Crippen LogP contribution in [-0.4, -0.2) is 42.8 Å². The number of furan rings is 1. The lowest BCUT2D eigenvalue weighted by atomic mass is 10.0. The monoisotopic (exact) mass is 565 g/mol. The van der Waals surface area contributed by atoms with E-state index in [0.29, 0.717) is 45.9 Å². The number of hydrogen-bond acceptors (Lipinski definition) is 8. The van der Waals surface area contributed by atoms with E-state index in [1.165, 1.54) is 26.6 Å². The molecule has 4 aromatic rings. The van der Waals surface area contributed by atoms with Gasteiger partial charge in [-0.1, -0.05) is 35.4 Å². The average molecular weight is 566 g/mol. The summed E-state index contributed by atoms with van der Waals surface area (Å²) in [6, 6.07) is 11.4. The van der Waals surface area contributed by atoms with Crippen LogP contribution in [0.25, 0.3) is 10.2 Å². The number of fused-ring (bicyclic) bond motifs is 1. The Labute approximate surface area is 222 Å². The summed E-state index contributed by atoms with van der Waals surface area (Å²) in [6.45, 7) is 2.78. The first-order valence-electron chi connectivity index (χ1n) is 11.5. The number of ether oxygens (including phenoxy) is 1. The number of benzene rings is 1. The molecule has 0 spiro atoms. The van der Waals surface area contributed by atoms with Crippen molar-refractivity contribution >= 4 is 65.6 Å². The zero-order valence-electron chi connectivity index (χ0n) is 19.4. The van der Waals surface area contributed by atoms with Gasteiger partial charge in [-0.2, -0.15) is 4.31 Å². The number of thiophene rings is 1. The van der Waals surface area contributed by atoms with Gasteiger partial charge in [-0.05, 0) is 56.2 Å². The Bertz CT molecular complexity index is 1470. The lowest BCUT2D eigenvalue weighted by molar-refractivity contribution is -0.123. The van der Waals surface area contributed by atoms with Crippen LogP contribution in [0.2, 0.25) is 4.34 Å². The van der Waals surface area contributed by atoms with Crippen LogP contribution in [0.3, 0.4) is 0 Å². The summed E-state index contributed by atoms with van der Waals surface area (Å²) in [5.74, 6) is 0.872. The molecule has 1 unspecified atom stereocenters. The van der Waals surface area contributed by atoms with Crippen molar-refractivity contribution in [1.82, 2.24) is 9.29 Å². The van der Waals surface area contributed by atoms with Crippen LogP contribution in [0, 0.1) is 0 Å². The third kappa shape index (κ3) is 4.90. The molecule has 0 N–H and O–H groups in total. The number of amides is 1. The molecule has 1 amide bonds. The van der Waals surface area contributed by atoms with Gasteiger partial charge in [-0.25, -0.2) is 13.4 Å². The van der Waals surface area contributed by atoms with E-state index >= 15 is 0 Å². The highest BCUT2D eigenvalue weighted by molar-refractivity contribution is 7.91. The normalized spacial score (nSPS) is 16.9. The molecule has 8 nitrogen and oxygen atoms in total. The maximum Gasteiger partial charge on any atom is 0.253 e. The van der Waals surface area contributed by atoms with Gasteiger partial charge in [0.15, 0.2) is 5.13 Å². The van der Waals surface area contributed by atoms with Gasteiger partial charge in [0.05, 0.1) is 28.5 Å². The van der Waals surface area contributed by atoms with Gasteiger partial charge in [0.25, 0.3) is 10.0 Å². The Balaban J connectivity index is 1.54. The fourth-order valence-corrected chi connectivity index (χ4v) is 8.52. The van der Waals surface area contributed by atoms with Gasteiger partial charge in [-0.15, -0.1) is 11.3 Å². The molecule has 36 heavy (non-hydrogen) atoms. The molecule has 0 saturated carbocycles. The summed E-state index contributed by atoms with van der Waals surface area (Å²) in [7, 11) is -3.89. The van der Waals surface area contributed by atoms with Gasteiger partial charge in [0.2, 0.25) is 5.91 Å². The van der Waals surface area contributed by atoms with Crippen LogP contribution in [-0.2, 0) is 21.4 Å². The van der Waals surface area contributed by atoms with Crippen LogP contribution in [0.15, 0.2) is 57.4 Å². The van der Waals surface area contributed by atoms with Crippen molar-refractivity contribution in [3.05, 3.63) is 58.8 Å². The van der Waals surface area contributed by atoms with E-state index in [0.717, 1.165) is 22.5 Å². The summed E-state index contributed by atoms with van der Waals surface area (Å²) >= 11 is 8.37. The first-order chi connectivity index (χ1) is 17.4. The van der Waals surface area contributed by atoms with Crippen molar-refractivity contribution in [1.29, 1.82) is 0 Å². The van der Waals surface area contributed by atoms with Crippen LogP contribution >= 0.6 is 34.3 Å². The largest absolute Gasteiger partial charge is 0.492 e. The van der Waals surface area contributed by atoms with Crippen molar-refractivity contribution in [3.8, 4) is 5.75 Å². The summed E-state index contributed by atoms with van der Waals surface area (Å²) in [4.78, 5) is 20.4. The van der Waals surface area contributed by atoms with E-state index in [2.05, 4.69) is 0 Å². The second kappa shape index (κ2) is 10.5. The predicted molar refractivity (Wildman–Crippen MR) is 142 cm³/mol. The number of hydrogen-bond donors (Lipinski definition) is 0. The van der Waals surface area contributed by atoms with E-state index < -0.39 is 16.1 Å². The second-order valence-corrected chi connectivity index (χ2v) is 13.1. The fraction of sp³-hybridized carbons (Fsp3) is 0.333. The Kier molecular flexibility index (Phi) is 7.36. The summed E-state index contributed by atoms with van der Waals surface area (Å²) in [5, 5.41) is 0.459. The molecule has 1 aliphatic rings. The molecule has 4 heterocycles. The van der Waals surface area contributed by atoms with Crippen molar-refractivity contribution in [2.24, 2.45) is 0 Å². The maximum absolute atomic E-state index is 14.1. The number of thiazole rings is 1. The molecule has 3 aromatic heterocycles. The number of nitrogens with zero attached hydrogens (tertiary/aromatic N) is 3. The van der Waals surface area contributed by atoms with E-state index in [1.807, 2.05) is 25.1 Å². The van der Waals surface area contributed by atoms with Crippen molar-refractivity contribution < 1.29 is 22.4 Å². The van der Waals surface area contributed by atoms with E-state index in [1.54, 1.807) is 24.5 Å². The Morgan fingerprint density at radius 2 is 2.08 bits per heavy atom. The Morgan fingerprint density at radius 1 is 1.22 bits per heavy atom. The molecule has 5 rings (SSSR count). The van der Waals surface area contributed by atoms with E-state index in [9.17, 15) is 13.2 Å². The van der Waals surface area contributed by atoms with Gasteiger partial charge in [0.1, 0.15) is 27.3 Å². The SMILES string of the molecule is CCOc1cccc2sc(N(Cc3ccco3)C(=O)C3CCCCN3S(=O)(=O)c3ccc(Cl)s3)nc12. The number of sulfonamides is 1. The summed E-state index contributed by atoms with van der Waals surface area (Å²) in [5.41, 5.74) is 0.665. The number of rotatable bonds is 8. The highest BCUT2D eigenvalue weighted by Crippen LogP contribution is 2.37. The zero-order chi connectivity index (χ0) is 25.3. The molecule has 0 bridgehead atoms. The van der Waals surface area contributed by atoms with E-state index in [-0.39, 0.29) is 23.2 Å². The second-order valence-electron chi connectivity index (χ2n) is 8.22. The number of piperidine rings is 1. The molecule has 190 valence electrons. The predicted octanol–water partition coefficient (Wildman–Crippen LogP) is 5.78. The van der Waals surface area contributed by atoms with Gasteiger partial charge in [0, 0.05) is 6.54 Å². The third-order valence-electron chi connectivity index (χ3n) is 5.91. The number of aromatic nitrogens is 1. The first kappa shape index (κ1) is 25.2. The molecule has 1 aromatic carbocycles. The fourth-order valence-electron chi connectivity index (χ4n) is 4.27. The molecule has 1 atom stereocenters. The molecular formula is C24H24ClN3O5S3. The van der Waals surface area contributed by atoms with Crippen molar-refractivity contribution in [2.75, 3.05) is 18.1 Å². The molecule has 1 aliphatic heterocycles. The molecule has 12 heteroatoms. The van der Waals surface area contributed by atoms with Crippen LogP contribution in [0.4, 0.5) is 5.13 Å². The molecule has 0 radical (unpaired) electrons. The lowest BCUT2D eigenvalue weighted by Crippen LogP contribution is -2.52. The van der Waals surface area contributed by atoms with Gasteiger partial charge >= 0.3 is 0 Å². The van der Waals surface area contributed by atoms with Gasteiger partial charge < -0.3 is 9.15 Å². The van der Waals surface area contributed by atoms with Crippen LogP contribution in [0.5, 0.6) is 5.75 Å². The Hall–Kier alpha value is -2.44.